The Labute approximate surface area is 110 Å². The van der Waals surface area contributed by atoms with Crippen molar-refractivity contribution in [2.45, 2.75) is 25.4 Å². The van der Waals surface area contributed by atoms with Crippen LogP contribution in [-0.2, 0) is 6.54 Å². The largest absolute Gasteiger partial charge is 0.443 e. The van der Waals surface area contributed by atoms with Crippen LogP contribution >= 0.6 is 0 Å². The third kappa shape index (κ3) is 2.13. The summed E-state index contributed by atoms with van der Waals surface area (Å²) in [6.45, 7) is 0.801. The third-order valence-corrected chi connectivity index (χ3v) is 3.41. The molecule has 2 heterocycles. The molecule has 3 aromatic rings. The zero-order valence-electron chi connectivity index (χ0n) is 10.4. The maximum atomic E-state index is 5.32. The van der Waals surface area contributed by atoms with E-state index >= 15 is 0 Å². The number of imidazole rings is 1. The van der Waals surface area contributed by atoms with Crippen LogP contribution < -0.4 is 5.32 Å². The van der Waals surface area contributed by atoms with Gasteiger partial charge in [0, 0.05) is 11.6 Å². The average molecular weight is 254 g/mol. The van der Waals surface area contributed by atoms with Crippen molar-refractivity contribution in [3.63, 3.8) is 0 Å². The highest BCUT2D eigenvalue weighted by Crippen LogP contribution is 2.23. The molecule has 1 aliphatic carbocycles. The predicted octanol–water partition coefficient (Wildman–Crippen LogP) is 2.47. The molecule has 4 rings (SSSR count). The molecule has 0 aliphatic heterocycles. The first kappa shape index (κ1) is 10.8. The lowest BCUT2D eigenvalue weighted by Crippen LogP contribution is -2.16. The van der Waals surface area contributed by atoms with Crippen LogP contribution in [-0.4, -0.2) is 21.0 Å². The minimum absolute atomic E-state index is 0.694. The molecule has 1 aromatic carbocycles. The normalized spacial score (nSPS) is 15.2. The van der Waals surface area contributed by atoms with Gasteiger partial charge in [-0.05, 0) is 25.0 Å². The molecule has 1 aliphatic rings. The number of aromatic amines is 1. The number of nitrogens with zero attached hydrogens (tertiary/aromatic N) is 2. The molecule has 0 unspecified atom stereocenters. The Morgan fingerprint density at radius 1 is 1.32 bits per heavy atom. The number of rotatable bonds is 4. The summed E-state index contributed by atoms with van der Waals surface area (Å²) in [6, 6.07) is 6.65. The van der Waals surface area contributed by atoms with Crippen LogP contribution in [0.1, 0.15) is 18.7 Å². The molecule has 0 atom stereocenters. The van der Waals surface area contributed by atoms with E-state index in [1.807, 2.05) is 24.4 Å². The van der Waals surface area contributed by atoms with Gasteiger partial charge in [-0.25, -0.2) is 9.97 Å². The molecular formula is C14H14N4O. The Morgan fingerprint density at radius 3 is 3.16 bits per heavy atom. The van der Waals surface area contributed by atoms with Crippen molar-refractivity contribution >= 4 is 11.1 Å². The van der Waals surface area contributed by atoms with Crippen LogP contribution in [0.2, 0.25) is 0 Å². The van der Waals surface area contributed by atoms with Crippen molar-refractivity contribution in [3.05, 3.63) is 36.6 Å². The second-order valence-electron chi connectivity index (χ2n) is 4.93. The summed E-state index contributed by atoms with van der Waals surface area (Å²) >= 11 is 0. The van der Waals surface area contributed by atoms with E-state index in [1.165, 1.54) is 19.2 Å². The second-order valence-corrected chi connectivity index (χ2v) is 4.93. The van der Waals surface area contributed by atoms with Gasteiger partial charge in [-0.15, -0.1) is 0 Å². The van der Waals surface area contributed by atoms with Crippen LogP contribution in [0.5, 0.6) is 0 Å². The van der Waals surface area contributed by atoms with Crippen LogP contribution in [0.15, 0.2) is 35.2 Å². The van der Waals surface area contributed by atoms with Crippen molar-refractivity contribution in [3.8, 4) is 11.3 Å². The number of nitrogens with one attached hydrogen (secondary N) is 2. The summed E-state index contributed by atoms with van der Waals surface area (Å²) in [4.78, 5) is 11.8. The van der Waals surface area contributed by atoms with Gasteiger partial charge in [0.25, 0.3) is 0 Å². The first-order valence-electron chi connectivity index (χ1n) is 6.49. The maximum Gasteiger partial charge on any atom is 0.181 e. The van der Waals surface area contributed by atoms with Crippen molar-refractivity contribution < 1.29 is 4.42 Å². The van der Waals surface area contributed by atoms with Gasteiger partial charge in [0.2, 0.25) is 0 Å². The quantitative estimate of drug-likeness (QED) is 0.750. The number of oxazole rings is 1. The van der Waals surface area contributed by atoms with Crippen LogP contribution in [0.25, 0.3) is 22.4 Å². The molecule has 2 aromatic heterocycles. The standard InChI is InChI=1S/C14H14N4O/c1-4-11-13(19-8-17-11)5-9(1)12-6-16-14(18-12)7-15-10-2-3-10/h1,4-6,8,10,15H,2-3,7H2,(H,16,18). The smallest absolute Gasteiger partial charge is 0.181 e. The van der Waals surface area contributed by atoms with Gasteiger partial charge in [0.05, 0.1) is 18.4 Å². The maximum absolute atomic E-state index is 5.32. The van der Waals surface area contributed by atoms with Gasteiger partial charge in [-0.1, -0.05) is 6.07 Å². The zero-order valence-corrected chi connectivity index (χ0v) is 10.4. The van der Waals surface area contributed by atoms with E-state index in [0.717, 1.165) is 34.7 Å². The molecule has 0 spiro atoms. The van der Waals surface area contributed by atoms with E-state index < -0.39 is 0 Å². The fraction of sp³-hybridized carbons (Fsp3) is 0.286. The highest BCUT2D eigenvalue weighted by molar-refractivity contribution is 5.78. The van der Waals surface area contributed by atoms with Crippen molar-refractivity contribution in [1.82, 2.24) is 20.3 Å². The zero-order chi connectivity index (χ0) is 12.7. The van der Waals surface area contributed by atoms with Crippen molar-refractivity contribution in [2.75, 3.05) is 0 Å². The number of hydrogen-bond acceptors (Lipinski definition) is 4. The molecule has 19 heavy (non-hydrogen) atoms. The summed E-state index contributed by atoms with van der Waals surface area (Å²) in [7, 11) is 0. The fourth-order valence-corrected chi connectivity index (χ4v) is 2.15. The van der Waals surface area contributed by atoms with Gasteiger partial charge in [0.15, 0.2) is 12.0 Å². The first-order chi connectivity index (χ1) is 9.38. The minimum atomic E-state index is 0.694. The second kappa shape index (κ2) is 4.20. The third-order valence-electron chi connectivity index (χ3n) is 3.41. The van der Waals surface area contributed by atoms with Gasteiger partial charge in [-0.2, -0.15) is 0 Å². The molecule has 1 fully saturated rings. The molecule has 0 radical (unpaired) electrons. The highest BCUT2D eigenvalue weighted by Gasteiger charge is 2.20. The van der Waals surface area contributed by atoms with E-state index in [4.69, 9.17) is 4.42 Å². The summed E-state index contributed by atoms with van der Waals surface area (Å²) in [5.41, 5.74) is 3.74. The van der Waals surface area contributed by atoms with E-state index in [9.17, 15) is 0 Å². The van der Waals surface area contributed by atoms with Crippen molar-refractivity contribution in [1.29, 1.82) is 0 Å². The van der Waals surface area contributed by atoms with Gasteiger partial charge < -0.3 is 14.7 Å². The summed E-state index contributed by atoms with van der Waals surface area (Å²) in [5.74, 6) is 0.972. The molecule has 2 N–H and O–H groups in total. The van der Waals surface area contributed by atoms with Gasteiger partial charge >= 0.3 is 0 Å². The minimum Gasteiger partial charge on any atom is -0.443 e. The van der Waals surface area contributed by atoms with E-state index in [1.54, 1.807) is 0 Å². The van der Waals surface area contributed by atoms with Gasteiger partial charge in [-0.3, -0.25) is 0 Å². The van der Waals surface area contributed by atoms with E-state index in [0.29, 0.717) is 6.04 Å². The number of H-pyrrole nitrogens is 1. The van der Waals surface area contributed by atoms with Crippen molar-refractivity contribution in [2.24, 2.45) is 0 Å². The lowest BCUT2D eigenvalue weighted by Gasteiger charge is -1.99. The number of fused-ring (bicyclic) bond motifs is 1. The highest BCUT2D eigenvalue weighted by atomic mass is 16.3. The lowest BCUT2D eigenvalue weighted by atomic mass is 10.1. The number of aromatic nitrogens is 3. The van der Waals surface area contributed by atoms with Crippen LogP contribution in [0.4, 0.5) is 0 Å². The SMILES string of the molecule is c1nc2ccc(-c3cnc(CNC4CC4)[nH]3)cc2o1. The average Bonchev–Trinajstić information content (AvgIpc) is 2.96. The lowest BCUT2D eigenvalue weighted by molar-refractivity contribution is 0.602. The summed E-state index contributed by atoms with van der Waals surface area (Å²) in [6.07, 6.45) is 5.90. The molecule has 1 saturated carbocycles. The Hall–Kier alpha value is -2.14. The van der Waals surface area contributed by atoms with Crippen LogP contribution in [0.3, 0.4) is 0 Å². The monoisotopic (exact) mass is 254 g/mol. The summed E-state index contributed by atoms with van der Waals surface area (Å²) in [5, 5.41) is 3.44. The Kier molecular flexibility index (Phi) is 2.38. The number of hydrogen-bond donors (Lipinski definition) is 2. The topological polar surface area (TPSA) is 66.7 Å². The van der Waals surface area contributed by atoms with Gasteiger partial charge in [0.1, 0.15) is 11.3 Å². The molecule has 0 bridgehead atoms. The Morgan fingerprint density at radius 2 is 2.26 bits per heavy atom. The summed E-state index contributed by atoms with van der Waals surface area (Å²) < 4.78 is 5.32. The molecular weight excluding hydrogens is 240 g/mol. The molecule has 0 saturated heterocycles. The van der Waals surface area contributed by atoms with E-state index in [2.05, 4.69) is 20.3 Å². The number of benzene rings is 1. The Balaban J connectivity index is 1.59. The Bertz CT molecular complexity index is 711. The predicted molar refractivity (Wildman–Crippen MR) is 71.5 cm³/mol. The first-order valence-corrected chi connectivity index (χ1v) is 6.49. The molecule has 0 amide bonds. The molecule has 5 heteroatoms. The molecule has 5 nitrogen and oxygen atoms in total. The fourth-order valence-electron chi connectivity index (χ4n) is 2.15. The van der Waals surface area contributed by atoms with E-state index in [-0.39, 0.29) is 0 Å². The molecule has 96 valence electrons. The van der Waals surface area contributed by atoms with Crippen LogP contribution in [0, 0.1) is 0 Å².